The standard InChI is InChI=1S/C20H23N3O4S/c1-28(26,27)23-13-11-16(12-14-23)21-20(25)17-9-5-6-10-18(17)22-19(24)15-7-3-2-4-8-15/h2-10,16H,11-14H2,1H3,(H,21,25)(H,22,24). The number of carbonyl (C=O) groups excluding carboxylic acids is 2. The van der Waals surface area contributed by atoms with E-state index in [4.69, 9.17) is 0 Å². The van der Waals surface area contributed by atoms with E-state index in [9.17, 15) is 18.0 Å². The molecular weight excluding hydrogens is 378 g/mol. The molecule has 2 amide bonds. The Labute approximate surface area is 164 Å². The molecule has 0 saturated carbocycles. The number of benzene rings is 2. The van der Waals surface area contributed by atoms with Crippen LogP contribution in [0.5, 0.6) is 0 Å². The van der Waals surface area contributed by atoms with Gasteiger partial charge >= 0.3 is 0 Å². The van der Waals surface area contributed by atoms with E-state index in [1.54, 1.807) is 48.5 Å². The molecule has 0 spiro atoms. The first kappa shape index (κ1) is 20.0. The van der Waals surface area contributed by atoms with Crippen molar-refractivity contribution in [1.82, 2.24) is 9.62 Å². The van der Waals surface area contributed by atoms with Crippen molar-refractivity contribution < 1.29 is 18.0 Å². The SMILES string of the molecule is CS(=O)(=O)N1CCC(NC(=O)c2ccccc2NC(=O)c2ccccc2)CC1. The summed E-state index contributed by atoms with van der Waals surface area (Å²) in [6, 6.07) is 15.5. The van der Waals surface area contributed by atoms with Gasteiger partial charge in [-0.05, 0) is 37.1 Å². The summed E-state index contributed by atoms with van der Waals surface area (Å²) in [6.07, 6.45) is 2.30. The van der Waals surface area contributed by atoms with Gasteiger partial charge in [-0.1, -0.05) is 30.3 Å². The van der Waals surface area contributed by atoms with Crippen molar-refractivity contribution in [2.45, 2.75) is 18.9 Å². The van der Waals surface area contributed by atoms with Crippen molar-refractivity contribution in [3.63, 3.8) is 0 Å². The fourth-order valence-corrected chi connectivity index (χ4v) is 4.04. The van der Waals surface area contributed by atoms with Gasteiger partial charge in [-0.3, -0.25) is 9.59 Å². The molecule has 0 bridgehead atoms. The number of nitrogens with one attached hydrogen (secondary N) is 2. The van der Waals surface area contributed by atoms with E-state index in [-0.39, 0.29) is 17.9 Å². The van der Waals surface area contributed by atoms with Crippen LogP contribution in [0.25, 0.3) is 0 Å². The van der Waals surface area contributed by atoms with E-state index in [2.05, 4.69) is 10.6 Å². The molecule has 1 aliphatic heterocycles. The number of nitrogens with zero attached hydrogens (tertiary/aromatic N) is 1. The van der Waals surface area contributed by atoms with Crippen LogP contribution < -0.4 is 10.6 Å². The van der Waals surface area contributed by atoms with Crippen molar-refractivity contribution >= 4 is 27.5 Å². The number of anilines is 1. The molecule has 1 aliphatic rings. The number of piperidine rings is 1. The molecule has 3 rings (SSSR count). The van der Waals surface area contributed by atoms with Gasteiger partial charge in [0, 0.05) is 24.7 Å². The molecule has 2 aromatic carbocycles. The molecule has 0 unspecified atom stereocenters. The van der Waals surface area contributed by atoms with Crippen molar-refractivity contribution in [1.29, 1.82) is 0 Å². The summed E-state index contributed by atoms with van der Waals surface area (Å²) in [5.41, 5.74) is 1.31. The van der Waals surface area contributed by atoms with Crippen LogP contribution in [0.1, 0.15) is 33.6 Å². The highest BCUT2D eigenvalue weighted by molar-refractivity contribution is 7.88. The molecule has 0 aliphatic carbocycles. The summed E-state index contributed by atoms with van der Waals surface area (Å²) in [7, 11) is -3.20. The highest BCUT2D eigenvalue weighted by Crippen LogP contribution is 2.18. The van der Waals surface area contributed by atoms with Gasteiger partial charge in [-0.25, -0.2) is 12.7 Å². The third-order valence-electron chi connectivity index (χ3n) is 4.71. The first-order chi connectivity index (χ1) is 13.3. The molecule has 0 aromatic heterocycles. The van der Waals surface area contributed by atoms with Crippen LogP contribution in [0.4, 0.5) is 5.69 Å². The monoisotopic (exact) mass is 401 g/mol. The zero-order valence-electron chi connectivity index (χ0n) is 15.6. The van der Waals surface area contributed by atoms with E-state index >= 15 is 0 Å². The number of para-hydroxylation sites is 1. The van der Waals surface area contributed by atoms with E-state index in [0.29, 0.717) is 42.7 Å². The van der Waals surface area contributed by atoms with Crippen LogP contribution in [0, 0.1) is 0 Å². The van der Waals surface area contributed by atoms with Crippen LogP contribution in [0.15, 0.2) is 54.6 Å². The minimum absolute atomic E-state index is 0.108. The van der Waals surface area contributed by atoms with Crippen molar-refractivity contribution in [3.05, 3.63) is 65.7 Å². The van der Waals surface area contributed by atoms with E-state index in [0.717, 1.165) is 0 Å². The maximum absolute atomic E-state index is 12.7. The third-order valence-corrected chi connectivity index (χ3v) is 6.02. The van der Waals surface area contributed by atoms with Gasteiger partial charge in [0.2, 0.25) is 10.0 Å². The molecule has 2 N–H and O–H groups in total. The first-order valence-electron chi connectivity index (χ1n) is 9.06. The molecule has 1 fully saturated rings. The predicted octanol–water partition coefficient (Wildman–Crippen LogP) is 2.09. The fraction of sp³-hybridized carbons (Fsp3) is 0.300. The molecule has 1 saturated heterocycles. The van der Waals surface area contributed by atoms with Crippen LogP contribution in [0.3, 0.4) is 0 Å². The minimum atomic E-state index is -3.20. The molecule has 2 aromatic rings. The van der Waals surface area contributed by atoms with Gasteiger partial charge in [-0.15, -0.1) is 0 Å². The van der Waals surface area contributed by atoms with Crippen molar-refractivity contribution in [3.8, 4) is 0 Å². The van der Waals surface area contributed by atoms with Crippen LogP contribution in [-0.2, 0) is 10.0 Å². The Morgan fingerprint density at radius 3 is 2.18 bits per heavy atom. The second-order valence-corrected chi connectivity index (χ2v) is 8.76. The minimum Gasteiger partial charge on any atom is -0.349 e. The van der Waals surface area contributed by atoms with Crippen LogP contribution in [-0.4, -0.2) is 49.9 Å². The molecule has 0 atom stereocenters. The smallest absolute Gasteiger partial charge is 0.255 e. The van der Waals surface area contributed by atoms with Crippen molar-refractivity contribution in [2.75, 3.05) is 24.7 Å². The van der Waals surface area contributed by atoms with E-state index in [1.807, 2.05) is 6.07 Å². The maximum Gasteiger partial charge on any atom is 0.255 e. The topological polar surface area (TPSA) is 95.6 Å². The molecule has 148 valence electrons. The summed E-state index contributed by atoms with van der Waals surface area (Å²) < 4.78 is 24.6. The quantitative estimate of drug-likeness (QED) is 0.802. The Morgan fingerprint density at radius 2 is 1.54 bits per heavy atom. The molecule has 1 heterocycles. The van der Waals surface area contributed by atoms with Crippen LogP contribution in [0.2, 0.25) is 0 Å². The normalized spacial score (nSPS) is 15.8. The number of carbonyl (C=O) groups is 2. The Bertz CT molecular complexity index is 952. The lowest BCUT2D eigenvalue weighted by Crippen LogP contribution is -2.46. The van der Waals surface area contributed by atoms with Gasteiger partial charge < -0.3 is 10.6 Å². The second kappa shape index (κ2) is 8.53. The van der Waals surface area contributed by atoms with E-state index in [1.165, 1.54) is 10.6 Å². The summed E-state index contributed by atoms with van der Waals surface area (Å²) in [4.78, 5) is 25.1. The molecule has 7 nitrogen and oxygen atoms in total. The zero-order valence-corrected chi connectivity index (χ0v) is 16.4. The van der Waals surface area contributed by atoms with Gasteiger partial charge in [0.15, 0.2) is 0 Å². The number of rotatable bonds is 5. The maximum atomic E-state index is 12.7. The predicted molar refractivity (Wildman–Crippen MR) is 108 cm³/mol. The molecule has 8 heteroatoms. The number of sulfonamides is 1. The number of amides is 2. The lowest BCUT2D eigenvalue weighted by atomic mass is 10.1. The summed E-state index contributed by atoms with van der Waals surface area (Å²) in [6.45, 7) is 0.770. The Kier molecular flexibility index (Phi) is 6.11. The molecule has 0 radical (unpaired) electrons. The van der Waals surface area contributed by atoms with Gasteiger partial charge in [0.1, 0.15) is 0 Å². The Morgan fingerprint density at radius 1 is 0.929 bits per heavy atom. The largest absolute Gasteiger partial charge is 0.349 e. The van der Waals surface area contributed by atoms with E-state index < -0.39 is 10.0 Å². The van der Waals surface area contributed by atoms with Crippen molar-refractivity contribution in [2.24, 2.45) is 0 Å². The first-order valence-corrected chi connectivity index (χ1v) is 10.9. The lowest BCUT2D eigenvalue weighted by Gasteiger charge is -2.30. The van der Waals surface area contributed by atoms with Crippen LogP contribution >= 0.6 is 0 Å². The van der Waals surface area contributed by atoms with Gasteiger partial charge in [-0.2, -0.15) is 0 Å². The molecular formula is C20H23N3O4S. The van der Waals surface area contributed by atoms with Gasteiger partial charge in [0.25, 0.3) is 11.8 Å². The highest BCUT2D eigenvalue weighted by Gasteiger charge is 2.26. The highest BCUT2D eigenvalue weighted by atomic mass is 32.2. The van der Waals surface area contributed by atoms with Gasteiger partial charge in [0.05, 0.1) is 17.5 Å². The summed E-state index contributed by atoms with van der Waals surface area (Å²) in [5.74, 6) is -0.580. The second-order valence-electron chi connectivity index (χ2n) is 6.78. The number of hydrogen-bond acceptors (Lipinski definition) is 4. The summed E-state index contributed by atoms with van der Waals surface area (Å²) >= 11 is 0. The molecule has 28 heavy (non-hydrogen) atoms. The third kappa shape index (κ3) is 4.96. The lowest BCUT2D eigenvalue weighted by molar-refractivity contribution is 0.0925. The zero-order chi connectivity index (χ0) is 20.1. The fourth-order valence-electron chi connectivity index (χ4n) is 3.17. The average molecular weight is 401 g/mol. The Balaban J connectivity index is 1.66. The number of hydrogen-bond donors (Lipinski definition) is 2. The average Bonchev–Trinajstić information content (AvgIpc) is 2.68. The summed E-state index contributed by atoms with van der Waals surface area (Å²) in [5, 5.41) is 5.73. The Hall–Kier alpha value is -2.71.